The van der Waals surface area contributed by atoms with Gasteiger partial charge in [0.1, 0.15) is 18.2 Å². The first-order chi connectivity index (χ1) is 19.5. The maximum Gasteiger partial charge on any atom is 0.410 e. The number of urea groups is 1. The van der Waals surface area contributed by atoms with Crippen LogP contribution in [-0.4, -0.2) is 91.2 Å². The molecule has 236 valence electrons. The summed E-state index contributed by atoms with van der Waals surface area (Å²) in [5.74, 6) is -1.02. The summed E-state index contributed by atoms with van der Waals surface area (Å²) in [7, 11) is 3.16. The third-order valence-electron chi connectivity index (χ3n) is 5.99. The fourth-order valence-electron chi connectivity index (χ4n) is 3.35. The third kappa shape index (κ3) is 14.0. The lowest BCUT2D eigenvalue weighted by atomic mass is 10.0. The molecule has 2 atom stereocenters. The Morgan fingerprint density at radius 3 is 2.02 bits per heavy atom. The van der Waals surface area contributed by atoms with Gasteiger partial charge in [0.05, 0.1) is 6.04 Å². The molecule has 0 heterocycles. The SMILES string of the molecule is CC(C)[C@H](N)C(=O)N[C@@H](CCCNC(N)=O)C(=O)Nc1ccc(COC(=O)N(C)CCN(C)C(=O)OC(C)(C)C)cc1. The number of primary amides is 1. The van der Waals surface area contributed by atoms with Gasteiger partial charge in [-0.15, -0.1) is 0 Å². The van der Waals surface area contributed by atoms with E-state index in [1.807, 2.05) is 0 Å². The first-order valence-corrected chi connectivity index (χ1v) is 13.8. The summed E-state index contributed by atoms with van der Waals surface area (Å²) in [6.45, 7) is 9.69. The van der Waals surface area contributed by atoms with Crippen LogP contribution < -0.4 is 27.4 Å². The summed E-state index contributed by atoms with van der Waals surface area (Å²) in [5, 5.41) is 7.89. The number of carbonyl (C=O) groups is 5. The number of benzene rings is 1. The van der Waals surface area contributed by atoms with Gasteiger partial charge in [-0.3, -0.25) is 9.59 Å². The van der Waals surface area contributed by atoms with E-state index < -0.39 is 47.7 Å². The minimum absolute atomic E-state index is 0.00204. The van der Waals surface area contributed by atoms with E-state index in [0.717, 1.165) is 0 Å². The van der Waals surface area contributed by atoms with E-state index in [1.165, 1.54) is 9.80 Å². The third-order valence-corrected chi connectivity index (χ3v) is 5.99. The Balaban J connectivity index is 2.65. The van der Waals surface area contributed by atoms with Crippen molar-refractivity contribution < 1.29 is 33.4 Å². The molecule has 42 heavy (non-hydrogen) atoms. The Morgan fingerprint density at radius 1 is 0.929 bits per heavy atom. The van der Waals surface area contributed by atoms with Gasteiger partial charge >= 0.3 is 18.2 Å². The van der Waals surface area contributed by atoms with E-state index in [4.69, 9.17) is 20.9 Å². The number of nitrogens with two attached hydrogens (primary N) is 2. The molecule has 0 radical (unpaired) electrons. The number of likely N-dealkylation sites (N-methyl/N-ethyl adjacent to an activating group) is 2. The van der Waals surface area contributed by atoms with Gasteiger partial charge in [-0.25, -0.2) is 14.4 Å². The monoisotopic (exact) mass is 593 g/mol. The second-order valence-corrected chi connectivity index (χ2v) is 11.3. The first kappa shape index (κ1) is 36.0. The molecule has 0 saturated heterocycles. The molecule has 7 N–H and O–H groups in total. The maximum atomic E-state index is 13.0. The predicted octanol–water partition coefficient (Wildman–Crippen LogP) is 1.98. The molecular weight excluding hydrogens is 546 g/mol. The Hall–Kier alpha value is -4.07. The number of rotatable bonds is 14. The van der Waals surface area contributed by atoms with Gasteiger partial charge in [0.25, 0.3) is 0 Å². The summed E-state index contributed by atoms with van der Waals surface area (Å²) in [5.41, 5.74) is 11.5. The van der Waals surface area contributed by atoms with Crippen molar-refractivity contribution in [3.63, 3.8) is 0 Å². The highest BCUT2D eigenvalue weighted by atomic mass is 16.6. The van der Waals surface area contributed by atoms with Crippen LogP contribution in [0.2, 0.25) is 0 Å². The van der Waals surface area contributed by atoms with Crippen LogP contribution in [0.25, 0.3) is 0 Å². The summed E-state index contributed by atoms with van der Waals surface area (Å²) in [4.78, 5) is 63.6. The number of nitrogens with one attached hydrogen (secondary N) is 3. The summed E-state index contributed by atoms with van der Waals surface area (Å²) >= 11 is 0. The number of hydrogen-bond acceptors (Lipinski definition) is 8. The van der Waals surface area contributed by atoms with Crippen LogP contribution >= 0.6 is 0 Å². The van der Waals surface area contributed by atoms with Crippen molar-refractivity contribution in [1.82, 2.24) is 20.4 Å². The molecule has 0 aliphatic heterocycles. The molecule has 0 aliphatic rings. The van der Waals surface area contributed by atoms with E-state index >= 15 is 0 Å². The van der Waals surface area contributed by atoms with Crippen LogP contribution in [0, 0.1) is 5.92 Å². The highest BCUT2D eigenvalue weighted by Gasteiger charge is 2.25. The lowest BCUT2D eigenvalue weighted by molar-refractivity contribution is -0.128. The Morgan fingerprint density at radius 2 is 1.50 bits per heavy atom. The molecule has 14 nitrogen and oxygen atoms in total. The zero-order valence-electron chi connectivity index (χ0n) is 25.7. The zero-order chi connectivity index (χ0) is 32.0. The molecule has 6 amide bonds. The summed E-state index contributed by atoms with van der Waals surface area (Å²) in [6, 6.07) is 4.33. The van der Waals surface area contributed by atoms with E-state index in [1.54, 1.807) is 73.0 Å². The molecule has 0 fully saturated rings. The van der Waals surface area contributed by atoms with Gasteiger partial charge in [-0.1, -0.05) is 26.0 Å². The normalized spacial score (nSPS) is 12.5. The Labute approximate surface area is 247 Å². The van der Waals surface area contributed by atoms with Crippen LogP contribution in [0.15, 0.2) is 24.3 Å². The van der Waals surface area contributed by atoms with Crippen molar-refractivity contribution in [1.29, 1.82) is 0 Å². The number of amides is 6. The molecular formula is C28H47N7O7. The first-order valence-electron chi connectivity index (χ1n) is 13.8. The van der Waals surface area contributed by atoms with Gasteiger partial charge in [-0.05, 0) is 57.2 Å². The molecule has 0 unspecified atom stereocenters. The molecule has 0 spiro atoms. The standard InChI is InChI=1S/C28H47N7O7/c1-18(2)22(29)24(37)33-21(9-8-14-31-25(30)38)23(36)32-20-12-10-19(11-13-20)17-41-26(39)34(6)15-16-35(7)27(40)42-28(3,4)5/h10-13,18,21-22H,8-9,14-17,29H2,1-7H3,(H,32,36)(H,33,37)(H3,30,31,38)/t21-,22-/m0/s1. The summed E-state index contributed by atoms with van der Waals surface area (Å²) < 4.78 is 10.6. The lowest BCUT2D eigenvalue weighted by Gasteiger charge is -2.26. The van der Waals surface area contributed by atoms with Crippen LogP contribution in [0.5, 0.6) is 0 Å². The van der Waals surface area contributed by atoms with Gasteiger partial charge in [0, 0.05) is 39.4 Å². The minimum Gasteiger partial charge on any atom is -0.445 e. The quantitative estimate of drug-likeness (QED) is 0.202. The van der Waals surface area contributed by atoms with E-state index in [9.17, 15) is 24.0 Å². The highest BCUT2D eigenvalue weighted by Crippen LogP contribution is 2.13. The number of anilines is 1. The van der Waals surface area contributed by atoms with Crippen molar-refractivity contribution in [2.24, 2.45) is 17.4 Å². The molecule has 1 aromatic carbocycles. The van der Waals surface area contributed by atoms with Crippen LogP contribution in [0.3, 0.4) is 0 Å². The van der Waals surface area contributed by atoms with Crippen LogP contribution in [0.1, 0.15) is 53.0 Å². The van der Waals surface area contributed by atoms with E-state index in [-0.39, 0.29) is 38.6 Å². The molecule has 0 aromatic heterocycles. The van der Waals surface area contributed by atoms with Crippen LogP contribution in [-0.2, 0) is 25.7 Å². The molecule has 1 aromatic rings. The molecule has 0 bridgehead atoms. The maximum absolute atomic E-state index is 13.0. The predicted molar refractivity (Wildman–Crippen MR) is 158 cm³/mol. The lowest BCUT2D eigenvalue weighted by Crippen LogP contribution is -2.51. The number of ether oxygens (including phenoxy) is 2. The van der Waals surface area contributed by atoms with E-state index in [2.05, 4.69) is 16.0 Å². The van der Waals surface area contributed by atoms with Crippen molar-refractivity contribution in [3.05, 3.63) is 29.8 Å². The molecule has 1 rings (SSSR count). The van der Waals surface area contributed by atoms with Gasteiger partial charge < -0.3 is 46.7 Å². The minimum atomic E-state index is -0.887. The summed E-state index contributed by atoms with van der Waals surface area (Å²) in [6.07, 6.45) is -0.398. The zero-order valence-corrected chi connectivity index (χ0v) is 25.7. The van der Waals surface area contributed by atoms with Crippen molar-refractivity contribution in [2.75, 3.05) is 39.0 Å². The molecule has 0 aliphatic carbocycles. The molecule has 14 heteroatoms. The number of nitrogens with zero attached hydrogens (tertiary/aromatic N) is 2. The Bertz CT molecular complexity index is 1060. The second kappa shape index (κ2) is 17.0. The molecule has 0 saturated carbocycles. The average molecular weight is 594 g/mol. The van der Waals surface area contributed by atoms with Crippen molar-refractivity contribution in [2.45, 2.75) is 71.8 Å². The fraction of sp³-hybridized carbons (Fsp3) is 0.607. The van der Waals surface area contributed by atoms with Gasteiger partial charge in [0.15, 0.2) is 0 Å². The van der Waals surface area contributed by atoms with E-state index in [0.29, 0.717) is 17.7 Å². The van der Waals surface area contributed by atoms with Crippen molar-refractivity contribution in [3.8, 4) is 0 Å². The largest absolute Gasteiger partial charge is 0.445 e. The van der Waals surface area contributed by atoms with Crippen LogP contribution in [0.4, 0.5) is 20.1 Å². The number of carbonyl (C=O) groups excluding carboxylic acids is 5. The smallest absolute Gasteiger partial charge is 0.410 e. The van der Waals surface area contributed by atoms with Gasteiger partial charge in [-0.2, -0.15) is 0 Å². The van der Waals surface area contributed by atoms with Crippen molar-refractivity contribution >= 4 is 35.7 Å². The number of hydrogen-bond donors (Lipinski definition) is 5. The fourth-order valence-corrected chi connectivity index (χ4v) is 3.35. The average Bonchev–Trinajstić information content (AvgIpc) is 2.90. The van der Waals surface area contributed by atoms with Gasteiger partial charge in [0.2, 0.25) is 11.8 Å². The second-order valence-electron chi connectivity index (χ2n) is 11.3. The highest BCUT2D eigenvalue weighted by molar-refractivity contribution is 5.97. The topological polar surface area (TPSA) is 198 Å². The Kier molecular flexibility index (Phi) is 14.6.